The number of hydrogen-bond donors (Lipinski definition) is 1. The fraction of sp³-hybridized carbons (Fsp3) is 0.333. The molecule has 2 rings (SSSR count). The van der Waals surface area contributed by atoms with E-state index in [2.05, 4.69) is 4.98 Å². The van der Waals surface area contributed by atoms with Crippen LogP contribution in [-0.2, 0) is 17.8 Å². The Kier molecular flexibility index (Phi) is 3.33. The summed E-state index contributed by atoms with van der Waals surface area (Å²) in [5.74, 6) is -0.00934. The summed E-state index contributed by atoms with van der Waals surface area (Å²) >= 11 is 5.95. The maximum atomic E-state index is 10.6. The Morgan fingerprint density at radius 1 is 1.53 bits per heavy atom. The van der Waals surface area contributed by atoms with Crippen LogP contribution in [-0.4, -0.2) is 20.6 Å². The van der Waals surface area contributed by atoms with E-state index >= 15 is 0 Å². The highest BCUT2D eigenvalue weighted by molar-refractivity contribution is 6.31. The van der Waals surface area contributed by atoms with Gasteiger partial charge in [-0.1, -0.05) is 11.6 Å². The fourth-order valence-electron chi connectivity index (χ4n) is 1.91. The van der Waals surface area contributed by atoms with Crippen LogP contribution in [0.5, 0.6) is 0 Å². The maximum Gasteiger partial charge on any atom is 0.303 e. The molecule has 1 heterocycles. The van der Waals surface area contributed by atoms with Crippen LogP contribution in [0.25, 0.3) is 11.0 Å². The molecule has 2 aromatic rings. The molecule has 0 saturated carbocycles. The van der Waals surface area contributed by atoms with Gasteiger partial charge in [-0.15, -0.1) is 0 Å². The van der Waals surface area contributed by atoms with Crippen molar-refractivity contribution in [2.45, 2.75) is 26.3 Å². The second kappa shape index (κ2) is 4.75. The number of imidazole rings is 1. The molecule has 0 aliphatic rings. The van der Waals surface area contributed by atoms with Crippen molar-refractivity contribution in [2.75, 3.05) is 0 Å². The van der Waals surface area contributed by atoms with Gasteiger partial charge in [-0.2, -0.15) is 0 Å². The molecule has 0 bridgehead atoms. The lowest BCUT2D eigenvalue weighted by atomic mass is 10.3. The molecular weight excluding hydrogens is 240 g/mol. The molecule has 0 atom stereocenters. The molecule has 90 valence electrons. The summed E-state index contributed by atoms with van der Waals surface area (Å²) in [6, 6.07) is 5.50. The molecule has 0 radical (unpaired) electrons. The monoisotopic (exact) mass is 252 g/mol. The molecule has 0 unspecified atom stereocenters. The number of aliphatic carboxylic acids is 1. The van der Waals surface area contributed by atoms with Gasteiger partial charge in [0.2, 0.25) is 0 Å². The highest BCUT2D eigenvalue weighted by atomic mass is 35.5. The van der Waals surface area contributed by atoms with Crippen molar-refractivity contribution in [3.63, 3.8) is 0 Å². The number of fused-ring (bicyclic) bond motifs is 1. The molecule has 0 aliphatic carbocycles. The van der Waals surface area contributed by atoms with Crippen molar-refractivity contribution < 1.29 is 9.90 Å². The van der Waals surface area contributed by atoms with Crippen LogP contribution < -0.4 is 0 Å². The van der Waals surface area contributed by atoms with E-state index in [1.165, 1.54) is 0 Å². The molecule has 0 spiro atoms. The summed E-state index contributed by atoms with van der Waals surface area (Å²) in [5.41, 5.74) is 1.82. The fourth-order valence-corrected chi connectivity index (χ4v) is 2.07. The number of carboxylic acids is 1. The summed E-state index contributed by atoms with van der Waals surface area (Å²) in [4.78, 5) is 15.0. The van der Waals surface area contributed by atoms with E-state index in [1.807, 2.05) is 23.6 Å². The molecule has 5 heteroatoms. The van der Waals surface area contributed by atoms with Crippen LogP contribution in [0, 0.1) is 0 Å². The van der Waals surface area contributed by atoms with Gasteiger partial charge in [0.25, 0.3) is 0 Å². The normalized spacial score (nSPS) is 10.9. The molecule has 1 N–H and O–H groups in total. The molecule has 1 aromatic carbocycles. The van der Waals surface area contributed by atoms with Gasteiger partial charge in [-0.05, 0) is 25.1 Å². The minimum Gasteiger partial charge on any atom is -0.481 e. The Bertz CT molecular complexity index is 563. The van der Waals surface area contributed by atoms with Crippen LogP contribution in [0.4, 0.5) is 0 Å². The van der Waals surface area contributed by atoms with Gasteiger partial charge in [0.1, 0.15) is 5.82 Å². The van der Waals surface area contributed by atoms with Gasteiger partial charge in [0.15, 0.2) is 0 Å². The lowest BCUT2D eigenvalue weighted by Gasteiger charge is -2.04. The lowest BCUT2D eigenvalue weighted by Crippen LogP contribution is -2.05. The molecule has 0 fully saturated rings. The molecule has 0 amide bonds. The number of hydrogen-bond acceptors (Lipinski definition) is 2. The maximum absolute atomic E-state index is 10.6. The van der Waals surface area contributed by atoms with Gasteiger partial charge in [0.05, 0.1) is 17.5 Å². The third-order valence-corrected chi connectivity index (χ3v) is 2.90. The zero-order valence-corrected chi connectivity index (χ0v) is 10.2. The first-order valence-electron chi connectivity index (χ1n) is 5.48. The number of aryl methyl sites for hydroxylation is 2. The lowest BCUT2D eigenvalue weighted by molar-refractivity contribution is -0.137. The molecule has 17 heavy (non-hydrogen) atoms. The van der Waals surface area contributed by atoms with E-state index in [-0.39, 0.29) is 6.42 Å². The number of nitrogens with zero attached hydrogens (tertiary/aromatic N) is 2. The SMILES string of the molecule is CCn1c(CCC(=O)O)nc2ccc(Cl)cc21. The largest absolute Gasteiger partial charge is 0.481 e. The van der Waals surface area contributed by atoms with E-state index in [9.17, 15) is 4.79 Å². The average Bonchev–Trinajstić information content (AvgIpc) is 2.63. The van der Waals surface area contributed by atoms with Crippen LogP contribution in [0.3, 0.4) is 0 Å². The highest BCUT2D eigenvalue weighted by Gasteiger charge is 2.11. The van der Waals surface area contributed by atoms with E-state index in [1.54, 1.807) is 6.07 Å². The number of carboxylic acid groups (broad SMARTS) is 1. The van der Waals surface area contributed by atoms with E-state index in [0.717, 1.165) is 23.4 Å². The van der Waals surface area contributed by atoms with Crippen molar-refractivity contribution in [1.29, 1.82) is 0 Å². The second-order valence-electron chi connectivity index (χ2n) is 3.80. The number of aromatic nitrogens is 2. The Labute approximate surface area is 104 Å². The second-order valence-corrected chi connectivity index (χ2v) is 4.24. The Morgan fingerprint density at radius 3 is 2.94 bits per heavy atom. The molecular formula is C12H13ClN2O2. The Balaban J connectivity index is 2.45. The van der Waals surface area contributed by atoms with Gasteiger partial charge in [-0.3, -0.25) is 4.79 Å². The smallest absolute Gasteiger partial charge is 0.303 e. The summed E-state index contributed by atoms with van der Waals surface area (Å²) < 4.78 is 2.00. The minimum absolute atomic E-state index is 0.0943. The summed E-state index contributed by atoms with van der Waals surface area (Å²) in [6.45, 7) is 2.76. The standard InChI is InChI=1S/C12H13ClN2O2/c1-2-15-10-7-8(13)3-4-9(10)14-11(15)5-6-12(16)17/h3-4,7H,2,5-6H2,1H3,(H,16,17). The van der Waals surface area contributed by atoms with Gasteiger partial charge >= 0.3 is 5.97 Å². The highest BCUT2D eigenvalue weighted by Crippen LogP contribution is 2.21. The van der Waals surface area contributed by atoms with Crippen molar-refractivity contribution in [3.8, 4) is 0 Å². The van der Waals surface area contributed by atoms with Crippen LogP contribution in [0.1, 0.15) is 19.2 Å². The summed E-state index contributed by atoms with van der Waals surface area (Å²) in [6.07, 6.45) is 0.534. The van der Waals surface area contributed by atoms with Gasteiger partial charge < -0.3 is 9.67 Å². The topological polar surface area (TPSA) is 55.1 Å². The quantitative estimate of drug-likeness (QED) is 0.910. The first-order chi connectivity index (χ1) is 8.11. The number of rotatable bonds is 4. The van der Waals surface area contributed by atoms with E-state index in [0.29, 0.717) is 11.4 Å². The summed E-state index contributed by atoms with van der Waals surface area (Å²) in [7, 11) is 0. The first-order valence-corrected chi connectivity index (χ1v) is 5.86. The van der Waals surface area contributed by atoms with E-state index in [4.69, 9.17) is 16.7 Å². The first kappa shape index (κ1) is 11.9. The van der Waals surface area contributed by atoms with Crippen molar-refractivity contribution in [3.05, 3.63) is 29.0 Å². The minimum atomic E-state index is -0.808. The van der Waals surface area contributed by atoms with Crippen molar-refractivity contribution in [1.82, 2.24) is 9.55 Å². The van der Waals surface area contributed by atoms with Gasteiger partial charge in [-0.25, -0.2) is 4.98 Å². The molecule has 1 aromatic heterocycles. The number of carbonyl (C=O) groups is 1. The van der Waals surface area contributed by atoms with Gasteiger partial charge in [0, 0.05) is 18.0 Å². The zero-order chi connectivity index (χ0) is 12.4. The predicted molar refractivity (Wildman–Crippen MR) is 66.4 cm³/mol. The third kappa shape index (κ3) is 2.42. The van der Waals surface area contributed by atoms with Crippen LogP contribution in [0.15, 0.2) is 18.2 Å². The average molecular weight is 253 g/mol. The Hall–Kier alpha value is -1.55. The summed E-state index contributed by atoms with van der Waals surface area (Å²) in [5, 5.41) is 9.36. The molecule has 0 saturated heterocycles. The van der Waals surface area contributed by atoms with Crippen LogP contribution >= 0.6 is 11.6 Å². The molecule has 4 nitrogen and oxygen atoms in total. The van der Waals surface area contributed by atoms with Crippen molar-refractivity contribution >= 4 is 28.6 Å². The molecule has 0 aliphatic heterocycles. The number of benzene rings is 1. The van der Waals surface area contributed by atoms with E-state index < -0.39 is 5.97 Å². The predicted octanol–water partition coefficient (Wildman–Crippen LogP) is 2.73. The zero-order valence-electron chi connectivity index (χ0n) is 9.48. The van der Waals surface area contributed by atoms with Crippen LogP contribution in [0.2, 0.25) is 5.02 Å². The van der Waals surface area contributed by atoms with Crippen molar-refractivity contribution in [2.24, 2.45) is 0 Å². The Morgan fingerprint density at radius 2 is 2.29 bits per heavy atom. The third-order valence-electron chi connectivity index (χ3n) is 2.67. The number of halogens is 1.